The molecule has 0 aliphatic heterocycles. The molecule has 9 heteroatoms. The molecule has 1 rings (SSSR count). The number of hydrogen-bond donors (Lipinski definition) is 1. The first-order chi connectivity index (χ1) is 9.69. The van der Waals surface area contributed by atoms with Crippen molar-refractivity contribution in [3.63, 3.8) is 0 Å². The van der Waals surface area contributed by atoms with Crippen LogP contribution in [0.5, 0.6) is 5.75 Å². The minimum Gasteiger partial charge on any atom is -0.465 e. The van der Waals surface area contributed by atoms with Gasteiger partial charge in [-0.25, -0.2) is 4.79 Å². The van der Waals surface area contributed by atoms with Crippen molar-refractivity contribution in [2.75, 3.05) is 12.4 Å². The van der Waals surface area contributed by atoms with E-state index < -0.39 is 34.7 Å². The summed E-state index contributed by atoms with van der Waals surface area (Å²) in [4.78, 5) is 22.8. The van der Waals surface area contributed by atoms with Crippen LogP contribution >= 0.6 is 11.6 Å². The molecular formula is C12H11ClF3NO4. The lowest BCUT2D eigenvalue weighted by Gasteiger charge is -2.16. The number of esters is 1. The largest absolute Gasteiger partial charge is 0.573 e. The zero-order valence-corrected chi connectivity index (χ0v) is 11.8. The standard InChI is InChI=1S/C12H11ClF3NO4/c1-3-8(18)17-10-7(21-12(14,15)16)5-4-6(9(10)13)11(19)20-2/h4-5H,3H2,1-2H3,(H,17,18). The highest BCUT2D eigenvalue weighted by molar-refractivity contribution is 6.37. The summed E-state index contributed by atoms with van der Waals surface area (Å²) >= 11 is 5.85. The van der Waals surface area contributed by atoms with Gasteiger partial charge in [-0.15, -0.1) is 13.2 Å². The molecule has 0 spiro atoms. The Balaban J connectivity index is 3.34. The van der Waals surface area contributed by atoms with Gasteiger partial charge in [0.1, 0.15) is 5.69 Å². The molecule has 0 radical (unpaired) electrons. The Kier molecular flexibility index (Phi) is 5.42. The molecule has 0 aliphatic rings. The van der Waals surface area contributed by atoms with E-state index in [1.165, 1.54) is 6.92 Å². The number of ether oxygens (including phenoxy) is 2. The number of amides is 1. The number of anilines is 1. The number of benzene rings is 1. The number of rotatable bonds is 4. The summed E-state index contributed by atoms with van der Waals surface area (Å²) in [6, 6.07) is 1.88. The fraction of sp³-hybridized carbons (Fsp3) is 0.333. The molecule has 1 amide bonds. The van der Waals surface area contributed by atoms with Crippen molar-refractivity contribution in [1.82, 2.24) is 0 Å². The van der Waals surface area contributed by atoms with E-state index in [1.54, 1.807) is 0 Å². The minimum absolute atomic E-state index is 0.00420. The van der Waals surface area contributed by atoms with Crippen LogP contribution in [-0.4, -0.2) is 25.3 Å². The van der Waals surface area contributed by atoms with E-state index in [1.807, 2.05) is 0 Å². The lowest BCUT2D eigenvalue weighted by atomic mass is 10.1. The molecule has 0 unspecified atom stereocenters. The summed E-state index contributed by atoms with van der Waals surface area (Å²) in [6.07, 6.45) is -4.97. The molecule has 116 valence electrons. The van der Waals surface area contributed by atoms with Gasteiger partial charge in [-0.1, -0.05) is 18.5 Å². The van der Waals surface area contributed by atoms with Gasteiger partial charge in [0.2, 0.25) is 5.91 Å². The predicted octanol–water partition coefficient (Wildman–Crippen LogP) is 3.37. The van der Waals surface area contributed by atoms with Crippen molar-refractivity contribution in [1.29, 1.82) is 0 Å². The summed E-state index contributed by atoms with van der Waals surface area (Å²) in [6.45, 7) is 1.50. The topological polar surface area (TPSA) is 64.6 Å². The summed E-state index contributed by atoms with van der Waals surface area (Å²) < 4.78 is 45.2. The first-order valence-electron chi connectivity index (χ1n) is 5.66. The Morgan fingerprint density at radius 2 is 1.95 bits per heavy atom. The fourth-order valence-corrected chi connectivity index (χ4v) is 1.66. The first kappa shape index (κ1) is 17.1. The van der Waals surface area contributed by atoms with E-state index in [-0.39, 0.29) is 12.0 Å². The number of nitrogens with one attached hydrogen (secondary N) is 1. The zero-order chi connectivity index (χ0) is 16.2. The van der Waals surface area contributed by atoms with Gasteiger partial charge >= 0.3 is 12.3 Å². The zero-order valence-electron chi connectivity index (χ0n) is 11.0. The molecule has 0 saturated carbocycles. The number of alkyl halides is 3. The van der Waals surface area contributed by atoms with Crippen LogP contribution < -0.4 is 10.1 Å². The van der Waals surface area contributed by atoms with Gasteiger partial charge in [0.25, 0.3) is 0 Å². The summed E-state index contributed by atoms with van der Waals surface area (Å²) in [7, 11) is 1.09. The lowest BCUT2D eigenvalue weighted by Crippen LogP contribution is -2.20. The Labute approximate surface area is 123 Å². The van der Waals surface area contributed by atoms with Gasteiger partial charge < -0.3 is 14.8 Å². The fourth-order valence-electron chi connectivity index (χ4n) is 1.38. The van der Waals surface area contributed by atoms with Crippen molar-refractivity contribution < 1.29 is 32.2 Å². The van der Waals surface area contributed by atoms with Crippen LogP contribution in [0.3, 0.4) is 0 Å². The van der Waals surface area contributed by atoms with Crippen molar-refractivity contribution in [2.24, 2.45) is 0 Å². The smallest absolute Gasteiger partial charge is 0.465 e. The molecule has 0 atom stereocenters. The molecule has 0 bridgehead atoms. The van der Waals surface area contributed by atoms with E-state index in [0.29, 0.717) is 0 Å². The van der Waals surface area contributed by atoms with Gasteiger partial charge in [-0.3, -0.25) is 4.79 Å². The highest BCUT2D eigenvalue weighted by Gasteiger charge is 2.33. The molecular weight excluding hydrogens is 315 g/mol. The summed E-state index contributed by atoms with van der Waals surface area (Å²) in [5.74, 6) is -2.17. The predicted molar refractivity (Wildman–Crippen MR) is 68.4 cm³/mol. The van der Waals surface area contributed by atoms with Gasteiger partial charge in [0.05, 0.1) is 17.7 Å². The molecule has 5 nitrogen and oxygen atoms in total. The molecule has 0 aliphatic carbocycles. The number of halogens is 4. The van der Waals surface area contributed by atoms with E-state index >= 15 is 0 Å². The van der Waals surface area contributed by atoms with E-state index in [0.717, 1.165) is 19.2 Å². The third kappa shape index (κ3) is 4.52. The second-order valence-corrected chi connectivity index (χ2v) is 4.12. The molecule has 1 aromatic rings. The highest BCUT2D eigenvalue weighted by atomic mass is 35.5. The van der Waals surface area contributed by atoms with Gasteiger partial charge in [0.15, 0.2) is 5.75 Å². The van der Waals surface area contributed by atoms with Crippen molar-refractivity contribution in [2.45, 2.75) is 19.7 Å². The highest BCUT2D eigenvalue weighted by Crippen LogP contribution is 2.38. The van der Waals surface area contributed by atoms with Gasteiger partial charge in [-0.2, -0.15) is 0 Å². The average molecular weight is 326 g/mol. The Morgan fingerprint density at radius 1 is 1.33 bits per heavy atom. The minimum atomic E-state index is -4.97. The van der Waals surface area contributed by atoms with Crippen LogP contribution in [0.2, 0.25) is 5.02 Å². The lowest BCUT2D eigenvalue weighted by molar-refractivity contribution is -0.274. The second kappa shape index (κ2) is 6.66. The molecule has 0 fully saturated rings. The van der Waals surface area contributed by atoms with Crippen molar-refractivity contribution >= 4 is 29.2 Å². The van der Waals surface area contributed by atoms with E-state index in [9.17, 15) is 22.8 Å². The normalized spacial score (nSPS) is 11.0. The van der Waals surface area contributed by atoms with Crippen LogP contribution in [0.15, 0.2) is 12.1 Å². The Morgan fingerprint density at radius 3 is 2.43 bits per heavy atom. The van der Waals surface area contributed by atoms with Gasteiger partial charge in [0, 0.05) is 6.42 Å². The molecule has 0 heterocycles. The quantitative estimate of drug-likeness (QED) is 0.862. The Bertz CT molecular complexity index is 560. The number of hydrogen-bond acceptors (Lipinski definition) is 4. The third-order valence-corrected chi connectivity index (χ3v) is 2.71. The number of carbonyl (C=O) groups is 2. The molecule has 1 N–H and O–H groups in total. The Hall–Kier alpha value is -1.96. The van der Waals surface area contributed by atoms with Crippen molar-refractivity contribution in [3.05, 3.63) is 22.7 Å². The molecule has 0 aromatic heterocycles. The third-order valence-electron chi connectivity index (χ3n) is 2.32. The number of methoxy groups -OCH3 is 1. The first-order valence-corrected chi connectivity index (χ1v) is 6.03. The van der Waals surface area contributed by atoms with Crippen LogP contribution in [0.4, 0.5) is 18.9 Å². The van der Waals surface area contributed by atoms with Crippen LogP contribution in [-0.2, 0) is 9.53 Å². The molecule has 21 heavy (non-hydrogen) atoms. The molecule has 1 aromatic carbocycles. The average Bonchev–Trinajstić information content (AvgIpc) is 2.40. The summed E-state index contributed by atoms with van der Waals surface area (Å²) in [5, 5.41) is 1.77. The van der Waals surface area contributed by atoms with E-state index in [2.05, 4.69) is 14.8 Å². The maximum Gasteiger partial charge on any atom is 0.573 e. The monoisotopic (exact) mass is 325 g/mol. The van der Waals surface area contributed by atoms with Gasteiger partial charge in [-0.05, 0) is 12.1 Å². The SMILES string of the molecule is CCC(=O)Nc1c(OC(F)(F)F)ccc(C(=O)OC)c1Cl. The number of carbonyl (C=O) groups excluding carboxylic acids is 2. The van der Waals surface area contributed by atoms with E-state index in [4.69, 9.17) is 11.6 Å². The van der Waals surface area contributed by atoms with Crippen LogP contribution in [0.1, 0.15) is 23.7 Å². The maximum atomic E-state index is 12.3. The van der Waals surface area contributed by atoms with Crippen molar-refractivity contribution in [3.8, 4) is 5.75 Å². The van der Waals surface area contributed by atoms with Crippen LogP contribution in [0.25, 0.3) is 0 Å². The molecule has 0 saturated heterocycles. The van der Waals surface area contributed by atoms with Crippen LogP contribution in [0, 0.1) is 0 Å². The maximum absolute atomic E-state index is 12.3. The summed E-state index contributed by atoms with van der Waals surface area (Å²) in [5.41, 5.74) is -0.635. The second-order valence-electron chi connectivity index (χ2n) is 3.74.